The highest BCUT2D eigenvalue weighted by Crippen LogP contribution is 2.29. The van der Waals surface area contributed by atoms with Crippen LogP contribution >= 0.6 is 0 Å². The lowest BCUT2D eigenvalue weighted by Crippen LogP contribution is -2.54. The largest absolute Gasteiger partial charge is 0.446 e. The maximum absolute atomic E-state index is 13.8. The van der Waals surface area contributed by atoms with Crippen molar-refractivity contribution >= 4 is 23.8 Å². The lowest BCUT2D eigenvalue weighted by atomic mass is 9.92. The van der Waals surface area contributed by atoms with E-state index in [0.717, 1.165) is 70.8 Å². The van der Waals surface area contributed by atoms with Gasteiger partial charge in [-0.25, -0.2) is 10.1 Å². The van der Waals surface area contributed by atoms with E-state index in [-0.39, 0.29) is 41.7 Å². The van der Waals surface area contributed by atoms with Gasteiger partial charge in [0.05, 0.1) is 0 Å². The van der Waals surface area contributed by atoms with Crippen molar-refractivity contribution in [3.05, 3.63) is 0 Å². The Kier molecular flexibility index (Phi) is 14.1. The summed E-state index contributed by atoms with van der Waals surface area (Å²) in [4.78, 5) is 53.6. The molecule has 39 heavy (non-hydrogen) atoms. The molecule has 0 spiro atoms. The van der Waals surface area contributed by atoms with Gasteiger partial charge in [0.1, 0.15) is 18.2 Å². The SMILES string of the molecule is C#N.CCCC[C@H](NC(=O)OC1CCCC1)C(=O)N1C[C@H](CCC)CC1C(=O)N[C@H](C)C[C@H]1CCCNC1=O. The summed E-state index contributed by atoms with van der Waals surface area (Å²) in [6, 6.07) is -1.43. The molecule has 10 heteroatoms. The van der Waals surface area contributed by atoms with E-state index in [0.29, 0.717) is 25.8 Å². The second-order valence-electron chi connectivity index (χ2n) is 11.3. The van der Waals surface area contributed by atoms with Crippen molar-refractivity contribution in [2.75, 3.05) is 13.1 Å². The number of carbonyl (C=O) groups is 4. The molecular weight excluding hydrogens is 498 g/mol. The van der Waals surface area contributed by atoms with Crippen molar-refractivity contribution in [3.8, 4) is 6.57 Å². The Morgan fingerprint density at radius 1 is 1.10 bits per heavy atom. The molecule has 0 aromatic heterocycles. The molecule has 1 saturated carbocycles. The van der Waals surface area contributed by atoms with Crippen molar-refractivity contribution in [2.45, 2.75) is 128 Å². The molecule has 220 valence electrons. The Balaban J connectivity index is 0.00000260. The van der Waals surface area contributed by atoms with Crippen LogP contribution in [0.1, 0.15) is 104 Å². The minimum absolute atomic E-state index is 0.0577. The van der Waals surface area contributed by atoms with E-state index in [9.17, 15) is 19.2 Å². The van der Waals surface area contributed by atoms with Crippen LogP contribution in [-0.4, -0.2) is 66.0 Å². The topological polar surface area (TPSA) is 141 Å². The zero-order valence-corrected chi connectivity index (χ0v) is 24.1. The summed E-state index contributed by atoms with van der Waals surface area (Å²) in [5.74, 6) is -0.149. The van der Waals surface area contributed by atoms with E-state index in [1.165, 1.54) is 0 Å². The summed E-state index contributed by atoms with van der Waals surface area (Å²) in [7, 11) is 0. The summed E-state index contributed by atoms with van der Waals surface area (Å²) in [5.41, 5.74) is 0. The molecule has 0 aromatic carbocycles. The number of rotatable bonds is 12. The quantitative estimate of drug-likeness (QED) is 0.340. The maximum Gasteiger partial charge on any atom is 0.408 e. The molecule has 10 nitrogen and oxygen atoms in total. The van der Waals surface area contributed by atoms with Crippen LogP contribution < -0.4 is 16.0 Å². The number of alkyl carbamates (subject to hydrolysis) is 1. The summed E-state index contributed by atoms with van der Waals surface area (Å²) >= 11 is 0. The van der Waals surface area contributed by atoms with Gasteiger partial charge in [-0.15, -0.1) is 0 Å². The van der Waals surface area contributed by atoms with Gasteiger partial charge >= 0.3 is 6.09 Å². The molecule has 4 amide bonds. The molecule has 1 aliphatic carbocycles. The summed E-state index contributed by atoms with van der Waals surface area (Å²) in [6.07, 6.45) is 10.4. The minimum atomic E-state index is -0.701. The summed E-state index contributed by atoms with van der Waals surface area (Å²) in [6.45, 7) is 10.8. The fraction of sp³-hybridized carbons (Fsp3) is 0.828. The number of ether oxygens (including phenoxy) is 1. The number of piperidine rings is 1. The van der Waals surface area contributed by atoms with Crippen LogP contribution in [0.4, 0.5) is 4.79 Å². The summed E-state index contributed by atoms with van der Waals surface area (Å²) < 4.78 is 5.57. The van der Waals surface area contributed by atoms with Crippen LogP contribution in [0, 0.1) is 23.7 Å². The third-order valence-electron chi connectivity index (χ3n) is 8.11. The highest BCUT2D eigenvalue weighted by atomic mass is 16.6. The van der Waals surface area contributed by atoms with Crippen LogP contribution in [0.5, 0.6) is 0 Å². The predicted octanol–water partition coefficient (Wildman–Crippen LogP) is 3.79. The third kappa shape index (κ3) is 10.0. The molecule has 0 aromatic rings. The second-order valence-corrected chi connectivity index (χ2v) is 11.3. The van der Waals surface area contributed by atoms with Gasteiger partial charge < -0.3 is 25.6 Å². The van der Waals surface area contributed by atoms with Gasteiger partial charge in [0.25, 0.3) is 0 Å². The number of carbonyl (C=O) groups excluding carboxylic acids is 4. The Morgan fingerprint density at radius 3 is 2.46 bits per heavy atom. The van der Waals surface area contributed by atoms with Crippen LogP contribution in [-0.2, 0) is 19.1 Å². The Labute approximate surface area is 234 Å². The number of nitrogens with one attached hydrogen (secondary N) is 3. The minimum Gasteiger partial charge on any atom is -0.446 e. The number of nitriles is 1. The van der Waals surface area contributed by atoms with E-state index in [4.69, 9.17) is 10.00 Å². The Hall–Kier alpha value is -2.83. The molecule has 2 saturated heterocycles. The first kappa shape index (κ1) is 32.4. The van der Waals surface area contributed by atoms with Crippen molar-refractivity contribution in [3.63, 3.8) is 0 Å². The summed E-state index contributed by atoms with van der Waals surface area (Å²) in [5, 5.41) is 15.3. The lowest BCUT2D eigenvalue weighted by Gasteiger charge is -2.30. The zero-order chi connectivity index (χ0) is 28.8. The molecule has 3 aliphatic rings. The van der Waals surface area contributed by atoms with Crippen molar-refractivity contribution in [1.82, 2.24) is 20.9 Å². The van der Waals surface area contributed by atoms with Crippen LogP contribution in [0.25, 0.3) is 0 Å². The first-order valence-corrected chi connectivity index (χ1v) is 14.9. The van der Waals surface area contributed by atoms with E-state index in [1.807, 2.05) is 6.92 Å². The van der Waals surface area contributed by atoms with Gasteiger partial charge in [0.15, 0.2) is 0 Å². The molecule has 5 atom stereocenters. The Morgan fingerprint density at radius 2 is 1.82 bits per heavy atom. The zero-order valence-electron chi connectivity index (χ0n) is 24.1. The highest BCUT2D eigenvalue weighted by molar-refractivity contribution is 5.92. The standard InChI is InChI=1S/C28H48N4O5.CHN/c1-4-6-14-23(31-28(36)37-22-12-7-8-13-22)27(35)32-18-20(10-5-2)17-24(32)26(34)30-19(3)16-21-11-9-15-29-25(21)33;1-2/h19-24H,4-18H2,1-3H3,(H,29,33)(H,30,34)(H,31,36);1H/t19-,20-,21-,23+,24?;/m1./s1. The van der Waals surface area contributed by atoms with E-state index in [1.54, 1.807) is 4.90 Å². The van der Waals surface area contributed by atoms with Crippen molar-refractivity contribution in [2.24, 2.45) is 11.8 Å². The molecule has 2 heterocycles. The smallest absolute Gasteiger partial charge is 0.408 e. The maximum atomic E-state index is 13.8. The first-order valence-electron chi connectivity index (χ1n) is 14.9. The molecule has 0 radical (unpaired) electrons. The monoisotopic (exact) mass is 547 g/mol. The highest BCUT2D eigenvalue weighted by Gasteiger charge is 2.42. The normalized spacial score (nSPS) is 24.6. The molecular formula is C29H49N5O5. The van der Waals surface area contributed by atoms with Crippen LogP contribution in [0.15, 0.2) is 0 Å². The second kappa shape index (κ2) is 17.0. The molecule has 2 aliphatic heterocycles. The Bertz CT molecular complexity index is 828. The molecule has 0 bridgehead atoms. The van der Waals surface area contributed by atoms with Gasteiger partial charge in [0, 0.05) is 31.6 Å². The molecule has 3 fully saturated rings. The third-order valence-corrected chi connectivity index (χ3v) is 8.11. The number of amides is 4. The van der Waals surface area contributed by atoms with Gasteiger partial charge in [-0.3, -0.25) is 14.4 Å². The molecule has 3 rings (SSSR count). The average molecular weight is 548 g/mol. The van der Waals surface area contributed by atoms with Gasteiger partial charge in [-0.1, -0.05) is 33.1 Å². The number of likely N-dealkylation sites (tertiary alicyclic amines) is 1. The van der Waals surface area contributed by atoms with Crippen molar-refractivity contribution < 1.29 is 23.9 Å². The van der Waals surface area contributed by atoms with Gasteiger partial charge in [-0.2, -0.15) is 0 Å². The first-order chi connectivity index (χ1) is 18.8. The number of hydrogen-bond acceptors (Lipinski definition) is 6. The van der Waals surface area contributed by atoms with E-state index < -0.39 is 18.2 Å². The number of unbranched alkanes of at least 4 members (excludes halogenated alkanes) is 1. The number of nitrogens with zero attached hydrogens (tertiary/aromatic N) is 2. The fourth-order valence-corrected chi connectivity index (χ4v) is 6.12. The number of hydrogen-bond donors (Lipinski definition) is 3. The van der Waals surface area contributed by atoms with Crippen LogP contribution in [0.2, 0.25) is 0 Å². The molecule has 1 unspecified atom stereocenters. The fourth-order valence-electron chi connectivity index (χ4n) is 6.12. The van der Waals surface area contributed by atoms with Crippen molar-refractivity contribution in [1.29, 1.82) is 5.26 Å². The van der Waals surface area contributed by atoms with Gasteiger partial charge in [0.2, 0.25) is 17.7 Å². The van der Waals surface area contributed by atoms with Crippen LogP contribution in [0.3, 0.4) is 0 Å². The lowest BCUT2D eigenvalue weighted by molar-refractivity contribution is -0.140. The average Bonchev–Trinajstić information content (AvgIpc) is 3.59. The predicted molar refractivity (Wildman–Crippen MR) is 148 cm³/mol. The van der Waals surface area contributed by atoms with Gasteiger partial charge in [-0.05, 0) is 77.0 Å². The molecule has 3 N–H and O–H groups in total. The van der Waals surface area contributed by atoms with E-state index in [2.05, 4.69) is 36.4 Å². The van der Waals surface area contributed by atoms with E-state index >= 15 is 0 Å².